The third kappa shape index (κ3) is 1.65. The van der Waals surface area contributed by atoms with Gasteiger partial charge in [-0.15, -0.1) is 0 Å². The highest BCUT2D eigenvalue weighted by molar-refractivity contribution is 6.37. The van der Waals surface area contributed by atoms with Crippen LogP contribution in [0.1, 0.15) is 35.9 Å². The molecule has 15 heavy (non-hydrogen) atoms. The van der Waals surface area contributed by atoms with Gasteiger partial charge in [0.25, 0.3) is 0 Å². The smallest absolute Gasteiger partial charge is 0.186 e. The maximum atomic E-state index is 10.6. The molecule has 0 aliphatic carbocycles. The van der Waals surface area contributed by atoms with Crippen LogP contribution in [-0.4, -0.2) is 6.29 Å². The molecule has 2 aromatic rings. The van der Waals surface area contributed by atoms with Crippen molar-refractivity contribution in [3.05, 3.63) is 34.5 Å². The minimum atomic E-state index is 0.201. The molecule has 0 N–H and O–H groups in total. The van der Waals surface area contributed by atoms with E-state index in [2.05, 4.69) is 13.8 Å². The average Bonchev–Trinajstić information content (AvgIpc) is 2.55. The molecule has 3 heteroatoms. The number of hydrogen-bond donors (Lipinski definition) is 0. The van der Waals surface area contributed by atoms with E-state index in [1.807, 2.05) is 18.2 Å². The first kappa shape index (κ1) is 10.2. The average molecular weight is 223 g/mol. The zero-order chi connectivity index (χ0) is 11.0. The highest BCUT2D eigenvalue weighted by Crippen LogP contribution is 2.31. The lowest BCUT2D eigenvalue weighted by Gasteiger charge is -2.03. The van der Waals surface area contributed by atoms with Crippen LogP contribution in [0.25, 0.3) is 11.0 Å². The molecule has 0 saturated carbocycles. The molecule has 1 aromatic heterocycles. The van der Waals surface area contributed by atoms with E-state index in [4.69, 9.17) is 16.0 Å². The molecule has 0 unspecified atom stereocenters. The van der Waals surface area contributed by atoms with E-state index in [0.717, 1.165) is 5.39 Å². The molecule has 1 heterocycles. The van der Waals surface area contributed by atoms with Crippen LogP contribution in [0.15, 0.2) is 22.6 Å². The number of carbonyl (C=O) groups is 1. The quantitative estimate of drug-likeness (QED) is 0.719. The molecule has 0 aliphatic rings. The fraction of sp³-hybridized carbons (Fsp3) is 0.250. The van der Waals surface area contributed by atoms with Gasteiger partial charge in [-0.25, -0.2) is 0 Å². The van der Waals surface area contributed by atoms with Crippen molar-refractivity contribution >= 4 is 28.9 Å². The minimum absolute atomic E-state index is 0.201. The first-order valence-corrected chi connectivity index (χ1v) is 5.18. The Hall–Kier alpha value is -1.28. The van der Waals surface area contributed by atoms with Crippen molar-refractivity contribution in [1.29, 1.82) is 0 Å². The molecule has 0 amide bonds. The predicted molar refractivity (Wildman–Crippen MR) is 60.7 cm³/mol. The van der Waals surface area contributed by atoms with Gasteiger partial charge in [-0.3, -0.25) is 4.79 Å². The summed E-state index contributed by atoms with van der Waals surface area (Å²) >= 11 is 6.01. The summed E-state index contributed by atoms with van der Waals surface area (Å²) < 4.78 is 5.28. The number of hydrogen-bond acceptors (Lipinski definition) is 2. The first-order valence-electron chi connectivity index (χ1n) is 4.80. The van der Waals surface area contributed by atoms with Crippen LogP contribution in [0.3, 0.4) is 0 Å². The first-order chi connectivity index (χ1) is 7.13. The van der Waals surface area contributed by atoms with Crippen molar-refractivity contribution < 1.29 is 9.21 Å². The van der Waals surface area contributed by atoms with Crippen LogP contribution in [0.2, 0.25) is 5.02 Å². The van der Waals surface area contributed by atoms with Gasteiger partial charge in [0.2, 0.25) is 0 Å². The highest BCUT2D eigenvalue weighted by atomic mass is 35.5. The van der Waals surface area contributed by atoms with Crippen LogP contribution < -0.4 is 0 Å². The molecule has 0 bridgehead atoms. The van der Waals surface area contributed by atoms with Gasteiger partial charge in [-0.05, 0) is 23.6 Å². The molecule has 0 spiro atoms. The number of benzene rings is 1. The fourth-order valence-corrected chi connectivity index (χ4v) is 1.77. The third-order valence-electron chi connectivity index (χ3n) is 2.45. The SMILES string of the molecule is CC(C)c1ccc2oc(C=O)c(Cl)c2c1. The van der Waals surface area contributed by atoms with E-state index in [0.29, 0.717) is 22.8 Å². The molecule has 2 rings (SSSR count). The van der Waals surface area contributed by atoms with Crippen molar-refractivity contribution in [3.63, 3.8) is 0 Å². The van der Waals surface area contributed by atoms with Crippen molar-refractivity contribution in [2.45, 2.75) is 19.8 Å². The standard InChI is InChI=1S/C12H11ClO2/c1-7(2)8-3-4-10-9(5-8)12(13)11(6-14)15-10/h3-7H,1-2H3. The largest absolute Gasteiger partial charge is 0.452 e. The van der Waals surface area contributed by atoms with Crippen LogP contribution in [-0.2, 0) is 0 Å². The van der Waals surface area contributed by atoms with Crippen LogP contribution >= 0.6 is 11.6 Å². The maximum absolute atomic E-state index is 10.6. The number of fused-ring (bicyclic) bond motifs is 1. The van der Waals surface area contributed by atoms with E-state index < -0.39 is 0 Å². The second-order valence-electron chi connectivity index (χ2n) is 3.81. The van der Waals surface area contributed by atoms with Gasteiger partial charge in [-0.1, -0.05) is 31.5 Å². The minimum Gasteiger partial charge on any atom is -0.452 e. The Labute approximate surface area is 92.8 Å². The van der Waals surface area contributed by atoms with Gasteiger partial charge in [-0.2, -0.15) is 0 Å². The highest BCUT2D eigenvalue weighted by Gasteiger charge is 2.12. The van der Waals surface area contributed by atoms with Gasteiger partial charge < -0.3 is 4.42 Å². The van der Waals surface area contributed by atoms with E-state index >= 15 is 0 Å². The number of aldehydes is 1. The summed E-state index contributed by atoms with van der Waals surface area (Å²) in [7, 11) is 0. The van der Waals surface area contributed by atoms with E-state index in [-0.39, 0.29) is 5.76 Å². The van der Waals surface area contributed by atoms with E-state index in [1.54, 1.807) is 0 Å². The number of carbonyl (C=O) groups excluding carboxylic acids is 1. The van der Waals surface area contributed by atoms with Gasteiger partial charge in [0.05, 0.1) is 5.02 Å². The molecule has 78 valence electrons. The van der Waals surface area contributed by atoms with Crippen LogP contribution in [0.5, 0.6) is 0 Å². The zero-order valence-electron chi connectivity index (χ0n) is 8.58. The van der Waals surface area contributed by atoms with Crippen molar-refractivity contribution in [1.82, 2.24) is 0 Å². The number of halogens is 1. The Morgan fingerprint density at radius 1 is 1.40 bits per heavy atom. The Morgan fingerprint density at radius 3 is 2.73 bits per heavy atom. The molecule has 1 aromatic carbocycles. The van der Waals surface area contributed by atoms with Crippen molar-refractivity contribution in [2.75, 3.05) is 0 Å². The molecular weight excluding hydrogens is 212 g/mol. The molecule has 0 fully saturated rings. The predicted octanol–water partition coefficient (Wildman–Crippen LogP) is 4.02. The Morgan fingerprint density at radius 2 is 2.13 bits per heavy atom. The number of furan rings is 1. The summed E-state index contributed by atoms with van der Waals surface area (Å²) in [5, 5.41) is 1.22. The molecule has 0 radical (unpaired) electrons. The lowest BCUT2D eigenvalue weighted by atomic mass is 10.0. The van der Waals surface area contributed by atoms with Gasteiger partial charge in [0.15, 0.2) is 12.0 Å². The number of rotatable bonds is 2. The van der Waals surface area contributed by atoms with Crippen molar-refractivity contribution in [3.8, 4) is 0 Å². The van der Waals surface area contributed by atoms with Crippen LogP contribution in [0.4, 0.5) is 0 Å². The summed E-state index contributed by atoms with van der Waals surface area (Å²) in [6, 6.07) is 5.81. The molecule has 0 aliphatic heterocycles. The van der Waals surface area contributed by atoms with Crippen LogP contribution in [0, 0.1) is 0 Å². The topological polar surface area (TPSA) is 30.2 Å². The fourth-order valence-electron chi connectivity index (χ4n) is 1.54. The lowest BCUT2D eigenvalue weighted by molar-refractivity contribution is 0.110. The summed E-state index contributed by atoms with van der Waals surface area (Å²) in [4.78, 5) is 10.6. The normalized spacial score (nSPS) is 11.2. The van der Waals surface area contributed by atoms with Gasteiger partial charge in [0, 0.05) is 5.39 Å². The zero-order valence-corrected chi connectivity index (χ0v) is 9.34. The third-order valence-corrected chi connectivity index (χ3v) is 2.84. The second kappa shape index (κ2) is 3.70. The maximum Gasteiger partial charge on any atom is 0.186 e. The Bertz CT molecular complexity index is 512. The lowest BCUT2D eigenvalue weighted by Crippen LogP contribution is -1.85. The summed E-state index contributed by atoms with van der Waals surface area (Å²) in [6.45, 7) is 4.21. The summed E-state index contributed by atoms with van der Waals surface area (Å²) in [6.07, 6.45) is 0.636. The Kier molecular flexibility index (Phi) is 2.53. The second-order valence-corrected chi connectivity index (χ2v) is 4.19. The van der Waals surface area contributed by atoms with Gasteiger partial charge >= 0.3 is 0 Å². The molecular formula is C12H11ClO2. The molecule has 2 nitrogen and oxygen atoms in total. The van der Waals surface area contributed by atoms with Crippen molar-refractivity contribution in [2.24, 2.45) is 0 Å². The molecule has 0 saturated heterocycles. The van der Waals surface area contributed by atoms with Gasteiger partial charge in [0.1, 0.15) is 5.58 Å². The van der Waals surface area contributed by atoms with E-state index in [1.165, 1.54) is 5.56 Å². The summed E-state index contributed by atoms with van der Waals surface area (Å²) in [5.74, 6) is 0.632. The monoisotopic (exact) mass is 222 g/mol. The summed E-state index contributed by atoms with van der Waals surface area (Å²) in [5.41, 5.74) is 1.84. The Balaban J connectivity index is 2.70. The van der Waals surface area contributed by atoms with E-state index in [9.17, 15) is 4.79 Å². The molecule has 0 atom stereocenters.